The fourth-order valence-corrected chi connectivity index (χ4v) is 1.34. The van der Waals surface area contributed by atoms with Crippen LogP contribution in [0.5, 0.6) is 5.88 Å². The number of rotatable bonds is 9. The number of methoxy groups -OCH3 is 1. The molecule has 5 heteroatoms. The highest BCUT2D eigenvalue weighted by Crippen LogP contribution is 2.10. The van der Waals surface area contributed by atoms with Gasteiger partial charge in [-0.3, -0.25) is 0 Å². The molecule has 1 rings (SSSR count). The Hall–Kier alpha value is -1.36. The number of nitrogens with one attached hydrogen (secondary N) is 1. The summed E-state index contributed by atoms with van der Waals surface area (Å²) in [6.07, 6.45) is 5.11. The molecule has 0 radical (unpaired) electrons. The zero-order chi connectivity index (χ0) is 12.3. The highest BCUT2D eigenvalue weighted by atomic mass is 16.5. The van der Waals surface area contributed by atoms with E-state index < -0.39 is 0 Å². The van der Waals surface area contributed by atoms with E-state index in [0.29, 0.717) is 19.1 Å². The first-order valence-electron chi connectivity index (χ1n) is 6.04. The van der Waals surface area contributed by atoms with E-state index in [1.54, 1.807) is 7.11 Å². The van der Waals surface area contributed by atoms with E-state index in [9.17, 15) is 0 Å². The average molecular weight is 239 g/mol. The molecule has 0 saturated carbocycles. The number of hydrogen-bond acceptors (Lipinski definition) is 5. The van der Waals surface area contributed by atoms with Crippen LogP contribution in [0.25, 0.3) is 0 Å². The maximum absolute atomic E-state index is 5.40. The second-order valence-corrected chi connectivity index (χ2v) is 3.72. The molecule has 0 fully saturated rings. The van der Waals surface area contributed by atoms with E-state index in [4.69, 9.17) is 9.47 Å². The Morgan fingerprint density at radius 3 is 2.88 bits per heavy atom. The normalized spacial score (nSPS) is 10.2. The summed E-state index contributed by atoms with van der Waals surface area (Å²) in [7, 11) is 1.64. The molecule has 17 heavy (non-hydrogen) atoms. The summed E-state index contributed by atoms with van der Waals surface area (Å²) < 4.78 is 10.3. The third-order valence-corrected chi connectivity index (χ3v) is 2.27. The zero-order valence-electron chi connectivity index (χ0n) is 10.6. The first kappa shape index (κ1) is 13.7. The number of unbranched alkanes of at least 4 members (excludes halogenated alkanes) is 2. The lowest BCUT2D eigenvalue weighted by atomic mass is 10.2. The summed E-state index contributed by atoms with van der Waals surface area (Å²) in [6, 6.07) is 1.81. The monoisotopic (exact) mass is 239 g/mol. The Labute approximate surface area is 103 Å². The second kappa shape index (κ2) is 8.75. The van der Waals surface area contributed by atoms with Gasteiger partial charge in [0.05, 0.1) is 6.61 Å². The Morgan fingerprint density at radius 2 is 2.12 bits per heavy atom. The van der Waals surface area contributed by atoms with Crippen LogP contribution in [0.2, 0.25) is 0 Å². The molecule has 0 aromatic carbocycles. The maximum atomic E-state index is 5.40. The van der Waals surface area contributed by atoms with Gasteiger partial charge >= 0.3 is 0 Å². The minimum atomic E-state index is 0.503. The molecule has 0 spiro atoms. The number of ether oxygens (including phenoxy) is 2. The molecule has 0 atom stereocenters. The summed E-state index contributed by atoms with van der Waals surface area (Å²) in [5.41, 5.74) is 0. The van der Waals surface area contributed by atoms with Crippen molar-refractivity contribution in [2.24, 2.45) is 0 Å². The first-order valence-corrected chi connectivity index (χ1v) is 6.04. The summed E-state index contributed by atoms with van der Waals surface area (Å²) in [5, 5.41) is 3.25. The van der Waals surface area contributed by atoms with Gasteiger partial charge in [-0.2, -0.15) is 0 Å². The summed E-state index contributed by atoms with van der Waals surface area (Å²) in [6.45, 7) is 4.18. The Bertz CT molecular complexity index is 308. The molecule has 0 aliphatic rings. The third-order valence-electron chi connectivity index (χ3n) is 2.27. The fraction of sp³-hybridized carbons (Fsp3) is 0.667. The molecule has 96 valence electrons. The molecule has 0 bridgehead atoms. The van der Waals surface area contributed by atoms with Crippen LogP contribution in [0.3, 0.4) is 0 Å². The van der Waals surface area contributed by atoms with Gasteiger partial charge in [-0.15, -0.1) is 0 Å². The van der Waals surface area contributed by atoms with Crippen molar-refractivity contribution >= 4 is 5.82 Å². The SMILES string of the molecule is CCCCCNc1cc(OCCOC)ncn1. The summed E-state index contributed by atoms with van der Waals surface area (Å²) in [5.74, 6) is 1.39. The molecule has 1 aromatic heterocycles. The van der Waals surface area contributed by atoms with Crippen LogP contribution in [0, 0.1) is 0 Å². The molecule has 0 amide bonds. The Morgan fingerprint density at radius 1 is 1.24 bits per heavy atom. The van der Waals surface area contributed by atoms with Gasteiger partial charge in [0.1, 0.15) is 18.8 Å². The minimum absolute atomic E-state index is 0.503. The van der Waals surface area contributed by atoms with Crippen LogP contribution in [0.1, 0.15) is 26.2 Å². The number of hydrogen-bond donors (Lipinski definition) is 1. The standard InChI is InChI=1S/C12H21N3O2/c1-3-4-5-6-13-11-9-12(15-10-14-11)17-8-7-16-2/h9-10H,3-8H2,1-2H3,(H,13,14,15). The molecule has 1 aromatic rings. The van der Waals surface area contributed by atoms with Gasteiger partial charge in [0, 0.05) is 19.7 Å². The lowest BCUT2D eigenvalue weighted by Gasteiger charge is -2.07. The molecule has 0 aliphatic heterocycles. The van der Waals surface area contributed by atoms with Gasteiger partial charge in [-0.1, -0.05) is 19.8 Å². The van der Waals surface area contributed by atoms with Crippen LogP contribution in [0.4, 0.5) is 5.82 Å². The molecule has 0 saturated heterocycles. The van der Waals surface area contributed by atoms with E-state index in [-0.39, 0.29) is 0 Å². The van der Waals surface area contributed by atoms with Gasteiger partial charge in [0.25, 0.3) is 0 Å². The average Bonchev–Trinajstić information content (AvgIpc) is 2.36. The number of anilines is 1. The first-order chi connectivity index (χ1) is 8.36. The fourth-order valence-electron chi connectivity index (χ4n) is 1.34. The molecule has 0 aliphatic carbocycles. The second-order valence-electron chi connectivity index (χ2n) is 3.72. The molecule has 1 heterocycles. The number of aromatic nitrogens is 2. The lowest BCUT2D eigenvalue weighted by molar-refractivity contribution is 0.143. The van der Waals surface area contributed by atoms with E-state index in [1.807, 2.05) is 6.07 Å². The van der Waals surface area contributed by atoms with Crippen LogP contribution < -0.4 is 10.1 Å². The van der Waals surface area contributed by atoms with Crippen molar-refractivity contribution < 1.29 is 9.47 Å². The van der Waals surface area contributed by atoms with Crippen molar-refractivity contribution in [1.29, 1.82) is 0 Å². The van der Waals surface area contributed by atoms with Crippen LogP contribution in [0.15, 0.2) is 12.4 Å². The van der Waals surface area contributed by atoms with Gasteiger partial charge in [-0.25, -0.2) is 9.97 Å². The summed E-state index contributed by atoms with van der Waals surface area (Å²) in [4.78, 5) is 8.16. The quantitative estimate of drug-likeness (QED) is 0.669. The van der Waals surface area contributed by atoms with Crippen molar-refractivity contribution in [2.75, 3.05) is 32.2 Å². The maximum Gasteiger partial charge on any atom is 0.218 e. The molecule has 1 N–H and O–H groups in total. The molecule has 5 nitrogen and oxygen atoms in total. The minimum Gasteiger partial charge on any atom is -0.475 e. The Kier molecular flexibility index (Phi) is 7.06. The van der Waals surface area contributed by atoms with Gasteiger partial charge < -0.3 is 14.8 Å². The molecular weight excluding hydrogens is 218 g/mol. The van der Waals surface area contributed by atoms with E-state index >= 15 is 0 Å². The van der Waals surface area contributed by atoms with E-state index in [1.165, 1.54) is 19.2 Å². The van der Waals surface area contributed by atoms with Crippen molar-refractivity contribution in [1.82, 2.24) is 9.97 Å². The predicted molar refractivity (Wildman–Crippen MR) is 67.4 cm³/mol. The van der Waals surface area contributed by atoms with Crippen molar-refractivity contribution in [2.45, 2.75) is 26.2 Å². The van der Waals surface area contributed by atoms with Gasteiger partial charge in [0.15, 0.2) is 0 Å². The van der Waals surface area contributed by atoms with E-state index in [0.717, 1.165) is 18.8 Å². The van der Waals surface area contributed by atoms with Gasteiger partial charge in [-0.05, 0) is 6.42 Å². The van der Waals surface area contributed by atoms with Crippen molar-refractivity contribution in [3.8, 4) is 5.88 Å². The highest BCUT2D eigenvalue weighted by Gasteiger charge is 1.99. The number of nitrogens with zero attached hydrogens (tertiary/aromatic N) is 2. The van der Waals surface area contributed by atoms with Crippen LogP contribution in [-0.2, 0) is 4.74 Å². The highest BCUT2D eigenvalue weighted by molar-refractivity contribution is 5.36. The Balaban J connectivity index is 2.31. The van der Waals surface area contributed by atoms with Gasteiger partial charge in [0.2, 0.25) is 5.88 Å². The van der Waals surface area contributed by atoms with Crippen molar-refractivity contribution in [3.05, 3.63) is 12.4 Å². The topological polar surface area (TPSA) is 56.3 Å². The molecular formula is C12H21N3O2. The smallest absolute Gasteiger partial charge is 0.218 e. The zero-order valence-corrected chi connectivity index (χ0v) is 10.6. The van der Waals surface area contributed by atoms with Crippen LogP contribution in [-0.4, -0.2) is 36.8 Å². The van der Waals surface area contributed by atoms with Crippen LogP contribution >= 0.6 is 0 Å². The largest absolute Gasteiger partial charge is 0.475 e. The predicted octanol–water partition coefficient (Wildman–Crippen LogP) is 2.10. The third kappa shape index (κ3) is 6.06. The summed E-state index contributed by atoms with van der Waals surface area (Å²) >= 11 is 0. The molecule has 0 unspecified atom stereocenters. The van der Waals surface area contributed by atoms with Crippen molar-refractivity contribution in [3.63, 3.8) is 0 Å². The van der Waals surface area contributed by atoms with E-state index in [2.05, 4.69) is 22.2 Å². The lowest BCUT2D eigenvalue weighted by Crippen LogP contribution is -2.07.